The van der Waals surface area contributed by atoms with Crippen LogP contribution in [-0.2, 0) is 10.2 Å². The molecule has 1 aromatic rings. The highest BCUT2D eigenvalue weighted by atomic mass is 32.1. The molecule has 5 nitrogen and oxygen atoms in total. The van der Waals surface area contributed by atoms with Gasteiger partial charge in [-0.2, -0.15) is 4.99 Å². The Hall–Kier alpha value is -1.66. The number of nitrogens with zero attached hydrogens (tertiary/aromatic N) is 2. The van der Waals surface area contributed by atoms with E-state index in [2.05, 4.69) is 36.7 Å². The predicted octanol–water partition coefficient (Wildman–Crippen LogP) is 3.50. The Morgan fingerprint density at radius 2 is 1.92 bits per heavy atom. The molecular formula is C20H32N4OS. The van der Waals surface area contributed by atoms with E-state index in [9.17, 15) is 4.79 Å². The van der Waals surface area contributed by atoms with Gasteiger partial charge in [0.05, 0.1) is 10.6 Å². The van der Waals surface area contributed by atoms with Gasteiger partial charge >= 0.3 is 0 Å². The summed E-state index contributed by atoms with van der Waals surface area (Å²) in [5.74, 6) is 0.00120. The largest absolute Gasteiger partial charge is 0.397 e. The predicted molar refractivity (Wildman–Crippen MR) is 111 cm³/mol. The zero-order valence-electron chi connectivity index (χ0n) is 16.3. The lowest BCUT2D eigenvalue weighted by molar-refractivity contribution is -0.117. The maximum Gasteiger partial charge on any atom is 0.247 e. The minimum absolute atomic E-state index is 0.0904. The van der Waals surface area contributed by atoms with Gasteiger partial charge in [-0.25, -0.2) is 0 Å². The number of aliphatic imine (C=N–C) groups is 1. The van der Waals surface area contributed by atoms with E-state index in [4.69, 9.17) is 11.5 Å². The highest BCUT2D eigenvalue weighted by Crippen LogP contribution is 2.31. The van der Waals surface area contributed by atoms with Gasteiger partial charge in [0, 0.05) is 17.4 Å². The van der Waals surface area contributed by atoms with Crippen molar-refractivity contribution in [1.82, 2.24) is 4.90 Å². The summed E-state index contributed by atoms with van der Waals surface area (Å²) in [6, 6.07) is 4.07. The normalized spacial score (nSPS) is 17.5. The van der Waals surface area contributed by atoms with Crippen LogP contribution < -0.4 is 11.5 Å². The molecule has 1 aliphatic rings. The van der Waals surface area contributed by atoms with Crippen molar-refractivity contribution < 1.29 is 4.79 Å². The van der Waals surface area contributed by atoms with Crippen LogP contribution in [0.2, 0.25) is 0 Å². The summed E-state index contributed by atoms with van der Waals surface area (Å²) in [6.45, 7) is 9.76. The van der Waals surface area contributed by atoms with Crippen LogP contribution in [0.25, 0.3) is 5.70 Å². The van der Waals surface area contributed by atoms with Crippen LogP contribution in [0, 0.1) is 0 Å². The number of thiophene rings is 1. The Morgan fingerprint density at radius 3 is 2.54 bits per heavy atom. The number of nitrogens with two attached hydrogens (primary N) is 2. The fraction of sp³-hybridized carbons (Fsp3) is 0.600. The Bertz CT molecular complexity index is 664. The van der Waals surface area contributed by atoms with Crippen LogP contribution in [0.4, 0.5) is 0 Å². The van der Waals surface area contributed by atoms with Gasteiger partial charge in [-0.1, -0.05) is 27.2 Å². The molecular weight excluding hydrogens is 344 g/mol. The lowest BCUT2D eigenvalue weighted by Gasteiger charge is -2.25. The lowest BCUT2D eigenvalue weighted by atomic mass is 9.95. The van der Waals surface area contributed by atoms with Crippen molar-refractivity contribution in [2.45, 2.75) is 58.3 Å². The van der Waals surface area contributed by atoms with E-state index >= 15 is 0 Å². The fourth-order valence-electron chi connectivity index (χ4n) is 3.00. The number of piperidine rings is 1. The molecule has 0 aromatic carbocycles. The van der Waals surface area contributed by atoms with Gasteiger partial charge in [0.2, 0.25) is 5.91 Å². The molecule has 26 heavy (non-hydrogen) atoms. The third-order valence-corrected chi connectivity index (χ3v) is 6.06. The third-order valence-electron chi connectivity index (χ3n) is 4.50. The summed E-state index contributed by atoms with van der Waals surface area (Å²) < 4.78 is 0. The van der Waals surface area contributed by atoms with E-state index in [1.807, 2.05) is 6.07 Å². The number of likely N-dealkylation sites (tertiary alicyclic amines) is 1. The Kier molecular flexibility index (Phi) is 7.41. The SMILES string of the molecule is CC(C)(C)c1ccc(C(N)=CC(N)=NC(=O)CCCN2CCCCC2)s1. The first kappa shape index (κ1) is 20.6. The molecule has 0 saturated carbocycles. The molecule has 2 heterocycles. The third kappa shape index (κ3) is 6.57. The monoisotopic (exact) mass is 376 g/mol. The zero-order valence-corrected chi connectivity index (χ0v) is 17.1. The number of rotatable bonds is 6. The second-order valence-corrected chi connectivity index (χ2v) is 9.03. The van der Waals surface area contributed by atoms with Crippen molar-refractivity contribution >= 4 is 28.8 Å². The van der Waals surface area contributed by atoms with Crippen LogP contribution >= 0.6 is 11.3 Å². The molecule has 1 amide bonds. The van der Waals surface area contributed by atoms with Gasteiger partial charge in [0.1, 0.15) is 5.84 Å². The fourth-order valence-corrected chi connectivity index (χ4v) is 3.99. The molecule has 0 aliphatic carbocycles. The summed E-state index contributed by atoms with van der Waals surface area (Å²) in [5, 5.41) is 0. The first-order valence-corrected chi connectivity index (χ1v) is 10.2. The summed E-state index contributed by atoms with van der Waals surface area (Å²) in [5.41, 5.74) is 12.6. The first-order valence-electron chi connectivity index (χ1n) is 9.43. The summed E-state index contributed by atoms with van der Waals surface area (Å²) in [7, 11) is 0. The average molecular weight is 377 g/mol. The molecule has 1 saturated heterocycles. The van der Waals surface area contributed by atoms with Crippen LogP contribution in [0.15, 0.2) is 23.2 Å². The van der Waals surface area contributed by atoms with E-state index in [1.165, 1.54) is 24.1 Å². The van der Waals surface area contributed by atoms with Crippen molar-refractivity contribution in [2.75, 3.05) is 19.6 Å². The maximum absolute atomic E-state index is 12.0. The van der Waals surface area contributed by atoms with Gasteiger partial charge < -0.3 is 16.4 Å². The average Bonchev–Trinajstić information content (AvgIpc) is 3.06. The van der Waals surface area contributed by atoms with Crippen LogP contribution in [0.5, 0.6) is 0 Å². The van der Waals surface area contributed by atoms with Crippen molar-refractivity contribution in [3.8, 4) is 0 Å². The van der Waals surface area contributed by atoms with Crippen molar-refractivity contribution in [1.29, 1.82) is 0 Å². The molecule has 1 fully saturated rings. The van der Waals surface area contributed by atoms with E-state index in [1.54, 1.807) is 17.4 Å². The molecule has 144 valence electrons. The molecule has 1 aliphatic heterocycles. The molecule has 0 unspecified atom stereocenters. The lowest BCUT2D eigenvalue weighted by Crippen LogP contribution is -2.30. The van der Waals surface area contributed by atoms with E-state index in [-0.39, 0.29) is 17.2 Å². The van der Waals surface area contributed by atoms with E-state index in [0.717, 1.165) is 30.9 Å². The highest BCUT2D eigenvalue weighted by Gasteiger charge is 2.16. The van der Waals surface area contributed by atoms with Crippen LogP contribution in [-0.4, -0.2) is 36.3 Å². The number of carbonyl (C=O) groups excluding carboxylic acids is 1. The Morgan fingerprint density at radius 1 is 1.23 bits per heavy atom. The van der Waals surface area contributed by atoms with Crippen LogP contribution in [0.1, 0.15) is 62.6 Å². The van der Waals surface area contributed by atoms with Crippen molar-refractivity contribution in [3.63, 3.8) is 0 Å². The van der Waals surface area contributed by atoms with Crippen molar-refractivity contribution in [3.05, 3.63) is 28.0 Å². The molecule has 1 aromatic heterocycles. The molecule has 4 N–H and O–H groups in total. The minimum Gasteiger partial charge on any atom is -0.397 e. The molecule has 0 radical (unpaired) electrons. The number of hydrogen-bond acceptors (Lipinski definition) is 4. The van der Waals surface area contributed by atoms with E-state index in [0.29, 0.717) is 12.1 Å². The standard InChI is InChI=1S/C20H32N4OS/c1-20(2,3)17-10-9-16(26-17)15(21)14-18(22)23-19(25)8-7-13-24-11-5-4-6-12-24/h9-10,14H,4-8,11-13,21H2,1-3H3,(H2,22,23,25). The quantitative estimate of drug-likeness (QED) is 0.588. The number of carbonyl (C=O) groups is 1. The zero-order chi connectivity index (χ0) is 19.2. The number of hydrogen-bond donors (Lipinski definition) is 2. The van der Waals surface area contributed by atoms with Crippen molar-refractivity contribution in [2.24, 2.45) is 16.5 Å². The van der Waals surface area contributed by atoms with Gasteiger partial charge in [-0.15, -0.1) is 11.3 Å². The van der Waals surface area contributed by atoms with Gasteiger partial charge in [-0.05, 0) is 56.4 Å². The second kappa shape index (κ2) is 9.33. The van der Waals surface area contributed by atoms with E-state index < -0.39 is 0 Å². The van der Waals surface area contributed by atoms with Gasteiger partial charge in [0.25, 0.3) is 0 Å². The Labute approximate surface area is 161 Å². The minimum atomic E-state index is -0.176. The summed E-state index contributed by atoms with van der Waals surface area (Å²) in [4.78, 5) is 20.6. The molecule has 0 spiro atoms. The first-order chi connectivity index (χ1) is 12.3. The topological polar surface area (TPSA) is 84.7 Å². The van der Waals surface area contributed by atoms with Gasteiger partial charge in [0.15, 0.2) is 0 Å². The number of amidine groups is 1. The second-order valence-electron chi connectivity index (χ2n) is 7.95. The van der Waals surface area contributed by atoms with Gasteiger partial charge in [-0.3, -0.25) is 4.79 Å². The number of amides is 1. The summed E-state index contributed by atoms with van der Waals surface area (Å²) >= 11 is 1.64. The molecule has 2 rings (SSSR count). The Balaban J connectivity index is 1.85. The molecule has 0 atom stereocenters. The molecule has 0 bridgehead atoms. The van der Waals surface area contributed by atoms with Crippen LogP contribution in [0.3, 0.4) is 0 Å². The smallest absolute Gasteiger partial charge is 0.247 e. The molecule has 6 heteroatoms. The summed E-state index contributed by atoms with van der Waals surface area (Å²) in [6.07, 6.45) is 6.70. The highest BCUT2D eigenvalue weighted by molar-refractivity contribution is 7.13. The maximum atomic E-state index is 12.0.